The van der Waals surface area contributed by atoms with Gasteiger partial charge in [-0.2, -0.15) is 0 Å². The zero-order chi connectivity index (χ0) is 15.7. The molecule has 0 aliphatic rings. The van der Waals surface area contributed by atoms with Crippen molar-refractivity contribution in [3.63, 3.8) is 0 Å². The van der Waals surface area contributed by atoms with Gasteiger partial charge in [0.25, 0.3) is 0 Å². The third-order valence-electron chi connectivity index (χ3n) is 3.24. The quantitative estimate of drug-likeness (QED) is 0.610. The number of carbonyl (C=O) groups is 3. The van der Waals surface area contributed by atoms with Crippen LogP contribution in [0.2, 0.25) is 0 Å². The molecule has 2 atom stereocenters. The number of carboxylic acid groups (broad SMARTS) is 1. The van der Waals surface area contributed by atoms with Crippen molar-refractivity contribution in [2.24, 2.45) is 5.92 Å². The highest BCUT2D eigenvalue weighted by atomic mass is 16.4. The Morgan fingerprint density at radius 3 is 2.15 bits per heavy atom. The maximum Gasteiger partial charge on any atom is 0.315 e. The highest BCUT2D eigenvalue weighted by Gasteiger charge is 2.20. The van der Waals surface area contributed by atoms with Crippen LogP contribution in [0.3, 0.4) is 0 Å². The molecule has 0 saturated carbocycles. The van der Waals surface area contributed by atoms with E-state index in [0.717, 1.165) is 0 Å². The molecule has 3 N–H and O–H groups in total. The number of hydrogen-bond acceptors (Lipinski definition) is 3. The van der Waals surface area contributed by atoms with Crippen LogP contribution < -0.4 is 10.6 Å². The van der Waals surface area contributed by atoms with E-state index in [9.17, 15) is 14.4 Å². The molecule has 7 heteroatoms. The van der Waals surface area contributed by atoms with Crippen LogP contribution in [0.1, 0.15) is 34.1 Å². The zero-order valence-corrected chi connectivity index (χ0v) is 12.6. The molecule has 0 aliphatic carbocycles. The first kappa shape index (κ1) is 18.2. The third kappa shape index (κ3) is 6.40. The van der Waals surface area contributed by atoms with Gasteiger partial charge in [0.1, 0.15) is 0 Å². The average molecular weight is 287 g/mol. The standard InChI is InChI=1S/C13H25N3O4/c1-5-16(6-2)11(17)7-8-14-13(20)15-10(4)9(3)12(18)19/h9-10H,5-8H2,1-4H3,(H,18,19)(H2,14,15,20). The van der Waals surface area contributed by atoms with Gasteiger partial charge in [-0.3, -0.25) is 9.59 Å². The van der Waals surface area contributed by atoms with Crippen molar-refractivity contribution < 1.29 is 19.5 Å². The number of carboxylic acids is 1. The maximum atomic E-state index is 11.7. The summed E-state index contributed by atoms with van der Waals surface area (Å²) in [7, 11) is 0. The monoisotopic (exact) mass is 287 g/mol. The van der Waals surface area contributed by atoms with Gasteiger partial charge >= 0.3 is 12.0 Å². The minimum atomic E-state index is -0.963. The summed E-state index contributed by atoms with van der Waals surface area (Å²) >= 11 is 0. The van der Waals surface area contributed by atoms with E-state index in [1.54, 1.807) is 11.8 Å². The van der Waals surface area contributed by atoms with Crippen molar-refractivity contribution in [2.45, 2.75) is 40.2 Å². The fourth-order valence-electron chi connectivity index (χ4n) is 1.61. The first-order chi connectivity index (χ1) is 9.33. The lowest BCUT2D eigenvalue weighted by atomic mass is 10.0. The molecule has 0 heterocycles. The van der Waals surface area contributed by atoms with Crippen molar-refractivity contribution in [2.75, 3.05) is 19.6 Å². The molecule has 116 valence electrons. The molecular weight excluding hydrogens is 262 g/mol. The molecule has 0 bridgehead atoms. The second kappa shape index (κ2) is 9.17. The number of nitrogens with one attached hydrogen (secondary N) is 2. The fraction of sp³-hybridized carbons (Fsp3) is 0.769. The molecule has 0 spiro atoms. The molecule has 0 radical (unpaired) electrons. The predicted molar refractivity (Wildman–Crippen MR) is 75.3 cm³/mol. The van der Waals surface area contributed by atoms with Crippen molar-refractivity contribution >= 4 is 17.9 Å². The van der Waals surface area contributed by atoms with Gasteiger partial charge in [-0.15, -0.1) is 0 Å². The average Bonchev–Trinajstić information content (AvgIpc) is 2.38. The summed E-state index contributed by atoms with van der Waals surface area (Å²) in [6.07, 6.45) is 0.234. The van der Waals surface area contributed by atoms with E-state index in [4.69, 9.17) is 5.11 Å². The Kier molecular flexibility index (Phi) is 8.35. The van der Waals surface area contributed by atoms with E-state index in [0.29, 0.717) is 13.1 Å². The van der Waals surface area contributed by atoms with E-state index in [1.807, 2.05) is 13.8 Å². The van der Waals surface area contributed by atoms with Gasteiger partial charge in [-0.05, 0) is 27.7 Å². The number of carbonyl (C=O) groups excluding carboxylic acids is 2. The van der Waals surface area contributed by atoms with E-state index in [2.05, 4.69) is 10.6 Å². The fourth-order valence-corrected chi connectivity index (χ4v) is 1.61. The van der Waals surface area contributed by atoms with Crippen LogP contribution in [0.25, 0.3) is 0 Å². The number of hydrogen-bond donors (Lipinski definition) is 3. The molecule has 0 rings (SSSR count). The first-order valence-electron chi connectivity index (χ1n) is 6.88. The minimum Gasteiger partial charge on any atom is -0.481 e. The maximum absolute atomic E-state index is 11.7. The van der Waals surface area contributed by atoms with Gasteiger partial charge in [0.15, 0.2) is 0 Å². The van der Waals surface area contributed by atoms with E-state index >= 15 is 0 Å². The second-order valence-corrected chi connectivity index (χ2v) is 4.63. The van der Waals surface area contributed by atoms with Gasteiger partial charge in [0.05, 0.1) is 5.92 Å². The van der Waals surface area contributed by atoms with Crippen LogP contribution in [0.15, 0.2) is 0 Å². The van der Waals surface area contributed by atoms with Crippen LogP contribution in [-0.2, 0) is 9.59 Å². The van der Waals surface area contributed by atoms with Crippen LogP contribution in [0.5, 0.6) is 0 Å². The van der Waals surface area contributed by atoms with E-state index in [1.165, 1.54) is 6.92 Å². The zero-order valence-electron chi connectivity index (χ0n) is 12.6. The first-order valence-corrected chi connectivity index (χ1v) is 6.88. The summed E-state index contributed by atoms with van der Waals surface area (Å²) in [5.74, 6) is -1.64. The smallest absolute Gasteiger partial charge is 0.315 e. The highest BCUT2D eigenvalue weighted by Crippen LogP contribution is 2.01. The molecule has 0 aromatic carbocycles. The molecule has 0 saturated heterocycles. The van der Waals surface area contributed by atoms with Crippen LogP contribution in [0, 0.1) is 5.92 Å². The number of aliphatic carboxylic acids is 1. The lowest BCUT2D eigenvalue weighted by Gasteiger charge is -2.20. The van der Waals surface area contributed by atoms with Crippen LogP contribution in [-0.4, -0.2) is 53.6 Å². The van der Waals surface area contributed by atoms with Gasteiger partial charge in [0.2, 0.25) is 5.91 Å². The molecule has 0 fully saturated rings. The summed E-state index contributed by atoms with van der Waals surface area (Å²) in [6.45, 7) is 8.47. The minimum absolute atomic E-state index is 0.0118. The summed E-state index contributed by atoms with van der Waals surface area (Å²) < 4.78 is 0. The molecule has 0 aliphatic heterocycles. The van der Waals surface area contributed by atoms with Crippen molar-refractivity contribution in [3.05, 3.63) is 0 Å². The number of amides is 3. The van der Waals surface area contributed by atoms with Gasteiger partial charge in [-0.25, -0.2) is 4.79 Å². The SMILES string of the molecule is CCN(CC)C(=O)CCNC(=O)NC(C)C(C)C(=O)O. The number of urea groups is 1. The summed E-state index contributed by atoms with van der Waals surface area (Å²) in [4.78, 5) is 35.6. The molecule has 0 aromatic rings. The predicted octanol–water partition coefficient (Wildman–Crippen LogP) is 0.653. The molecule has 0 aromatic heterocycles. The van der Waals surface area contributed by atoms with E-state index in [-0.39, 0.29) is 18.9 Å². The van der Waals surface area contributed by atoms with Gasteiger partial charge in [0, 0.05) is 32.1 Å². The molecule has 20 heavy (non-hydrogen) atoms. The Morgan fingerprint density at radius 1 is 1.15 bits per heavy atom. The van der Waals surface area contributed by atoms with Crippen molar-refractivity contribution in [1.82, 2.24) is 15.5 Å². The van der Waals surface area contributed by atoms with Gasteiger partial charge < -0.3 is 20.6 Å². The Labute approximate surface area is 119 Å². The summed E-state index contributed by atoms with van der Waals surface area (Å²) in [6, 6.07) is -0.941. The van der Waals surface area contributed by atoms with Crippen molar-refractivity contribution in [3.8, 4) is 0 Å². The summed E-state index contributed by atoms with van der Waals surface area (Å²) in [5, 5.41) is 13.9. The number of nitrogens with zero attached hydrogens (tertiary/aromatic N) is 1. The Balaban J connectivity index is 4.00. The molecule has 7 nitrogen and oxygen atoms in total. The lowest BCUT2D eigenvalue weighted by molar-refractivity contribution is -0.141. The second-order valence-electron chi connectivity index (χ2n) is 4.63. The molecule has 3 amide bonds. The Bertz CT molecular complexity index is 343. The number of rotatable bonds is 8. The van der Waals surface area contributed by atoms with Crippen molar-refractivity contribution in [1.29, 1.82) is 0 Å². The normalized spacial score (nSPS) is 13.2. The molecule has 2 unspecified atom stereocenters. The van der Waals surface area contributed by atoms with Gasteiger partial charge in [-0.1, -0.05) is 0 Å². The largest absolute Gasteiger partial charge is 0.481 e. The summed E-state index contributed by atoms with van der Waals surface area (Å²) in [5.41, 5.74) is 0. The molecular formula is C13H25N3O4. The lowest BCUT2D eigenvalue weighted by Crippen LogP contribution is -2.46. The Morgan fingerprint density at radius 2 is 1.70 bits per heavy atom. The Hall–Kier alpha value is -1.79. The van der Waals surface area contributed by atoms with Crippen LogP contribution in [0.4, 0.5) is 4.79 Å². The topological polar surface area (TPSA) is 98.7 Å². The third-order valence-corrected chi connectivity index (χ3v) is 3.24. The van der Waals surface area contributed by atoms with E-state index < -0.39 is 24.0 Å². The highest BCUT2D eigenvalue weighted by molar-refractivity contribution is 5.79. The van der Waals surface area contributed by atoms with Crippen LogP contribution >= 0.6 is 0 Å².